The Kier molecular flexibility index (Phi) is 7.80. The smallest absolute Gasteiger partial charge is 0.206 e. The van der Waals surface area contributed by atoms with Gasteiger partial charge in [-0.2, -0.15) is 0 Å². The molecule has 0 radical (unpaired) electrons. The van der Waals surface area contributed by atoms with Crippen molar-refractivity contribution in [1.82, 2.24) is 0 Å². The van der Waals surface area contributed by atoms with Gasteiger partial charge in [0.1, 0.15) is 30.5 Å². The first-order valence-corrected chi connectivity index (χ1v) is 15.2. The van der Waals surface area contributed by atoms with Gasteiger partial charge in [0.15, 0.2) is 5.60 Å². The maximum atomic E-state index is 14.3. The molecule has 6 heteroatoms. The predicted octanol–water partition coefficient (Wildman–Crippen LogP) is 7.17. The van der Waals surface area contributed by atoms with E-state index >= 15 is 0 Å². The number of aliphatic hydroxyl groups excluding tert-OH is 1. The van der Waals surface area contributed by atoms with Gasteiger partial charge in [0.2, 0.25) is 11.6 Å². The molecule has 6 nitrogen and oxygen atoms in total. The van der Waals surface area contributed by atoms with Crippen LogP contribution in [-0.2, 0) is 34.0 Å². The summed E-state index contributed by atoms with van der Waals surface area (Å²) in [5.74, 6) is -1.64. The minimum atomic E-state index is -2.31. The van der Waals surface area contributed by atoms with Crippen molar-refractivity contribution in [1.29, 1.82) is 0 Å². The molecule has 1 fully saturated rings. The van der Waals surface area contributed by atoms with Gasteiger partial charge in [0.05, 0.1) is 11.1 Å². The first kappa shape index (κ1) is 29.6. The van der Waals surface area contributed by atoms with E-state index in [1.165, 1.54) is 0 Å². The third kappa shape index (κ3) is 4.97. The van der Waals surface area contributed by atoms with Crippen molar-refractivity contribution in [3.63, 3.8) is 0 Å². The van der Waals surface area contributed by atoms with Gasteiger partial charge >= 0.3 is 0 Å². The molecule has 2 N–H and O–H groups in total. The lowest BCUT2D eigenvalue weighted by molar-refractivity contribution is -0.158. The minimum Gasteiger partial charge on any atom is -0.507 e. The normalized spacial score (nSPS) is 22.8. The van der Waals surface area contributed by atoms with Crippen LogP contribution in [0, 0.1) is 11.8 Å². The Labute approximate surface area is 258 Å². The molecule has 0 unspecified atom stereocenters. The molecular formula is C38H38O6. The Morgan fingerprint density at radius 3 is 2.11 bits per heavy atom. The first-order valence-electron chi connectivity index (χ1n) is 15.2. The van der Waals surface area contributed by atoms with E-state index in [4.69, 9.17) is 9.47 Å². The summed E-state index contributed by atoms with van der Waals surface area (Å²) in [5, 5.41) is 23.9. The number of carbonyl (C=O) groups excluding carboxylic acids is 2. The van der Waals surface area contributed by atoms with E-state index in [0.717, 1.165) is 22.3 Å². The highest BCUT2D eigenvalue weighted by Crippen LogP contribution is 2.53. The van der Waals surface area contributed by atoms with Crippen LogP contribution in [0.1, 0.15) is 67.3 Å². The third-order valence-corrected chi connectivity index (χ3v) is 9.24. The van der Waals surface area contributed by atoms with Crippen molar-refractivity contribution < 1.29 is 29.3 Å². The zero-order chi connectivity index (χ0) is 31.2. The number of Topliss-reactive ketones (excluding diaryl/α,β-unsaturated/α-hetero) is 2. The number of allylic oxidation sites excluding steroid dienone is 2. The second-order valence-electron chi connectivity index (χ2n) is 12.5. The van der Waals surface area contributed by atoms with Gasteiger partial charge < -0.3 is 19.7 Å². The molecule has 3 aromatic carbocycles. The molecule has 3 atom stereocenters. The number of fused-ring (bicyclic) bond motifs is 3. The zero-order valence-electron chi connectivity index (χ0n) is 25.4. The van der Waals surface area contributed by atoms with Crippen molar-refractivity contribution in [3.8, 4) is 5.75 Å². The average Bonchev–Trinajstić information content (AvgIpc) is 3.01. The van der Waals surface area contributed by atoms with E-state index in [-0.39, 0.29) is 48.4 Å². The molecule has 0 spiro atoms. The molecular weight excluding hydrogens is 552 g/mol. The second-order valence-corrected chi connectivity index (χ2v) is 12.5. The third-order valence-electron chi connectivity index (χ3n) is 9.24. The van der Waals surface area contributed by atoms with Gasteiger partial charge in [-0.1, -0.05) is 87.2 Å². The van der Waals surface area contributed by atoms with Gasteiger partial charge in [-0.3, -0.25) is 9.59 Å². The fourth-order valence-electron chi connectivity index (χ4n) is 7.06. The lowest BCUT2D eigenvalue weighted by Gasteiger charge is -2.46. The summed E-state index contributed by atoms with van der Waals surface area (Å²) < 4.78 is 12.4. The average molecular weight is 591 g/mol. The summed E-state index contributed by atoms with van der Waals surface area (Å²) in [6.07, 6.45) is 1.06. The lowest BCUT2D eigenvalue weighted by Crippen LogP contribution is -2.60. The second kappa shape index (κ2) is 11.6. The quantitative estimate of drug-likeness (QED) is 0.270. The van der Waals surface area contributed by atoms with Crippen LogP contribution in [0.5, 0.6) is 5.75 Å². The molecule has 0 amide bonds. The van der Waals surface area contributed by atoms with Gasteiger partial charge in [-0.05, 0) is 65.5 Å². The predicted molar refractivity (Wildman–Crippen MR) is 169 cm³/mol. The van der Waals surface area contributed by atoms with E-state index < -0.39 is 23.1 Å². The molecule has 3 aliphatic rings. The van der Waals surface area contributed by atoms with Crippen LogP contribution in [0.25, 0.3) is 5.76 Å². The minimum absolute atomic E-state index is 0.102. The maximum absolute atomic E-state index is 14.3. The number of aliphatic hydroxyl groups is 2. The summed E-state index contributed by atoms with van der Waals surface area (Å²) in [6.45, 7) is 10.4. The van der Waals surface area contributed by atoms with Crippen LogP contribution < -0.4 is 4.74 Å². The van der Waals surface area contributed by atoms with E-state index in [2.05, 4.69) is 20.4 Å². The Bertz CT molecular complexity index is 1700. The largest absolute Gasteiger partial charge is 0.507 e. The zero-order valence-corrected chi connectivity index (χ0v) is 25.4. The van der Waals surface area contributed by atoms with Crippen LogP contribution in [-0.4, -0.2) is 27.4 Å². The molecule has 0 saturated heterocycles. The molecule has 6 rings (SSSR count). The number of ether oxygens (including phenoxy) is 2. The highest BCUT2D eigenvalue weighted by molar-refractivity contribution is 6.26. The molecule has 0 aromatic heterocycles. The lowest BCUT2D eigenvalue weighted by atomic mass is 9.58. The topological polar surface area (TPSA) is 93.1 Å². The summed E-state index contributed by atoms with van der Waals surface area (Å²) in [7, 11) is 0. The number of benzene rings is 3. The van der Waals surface area contributed by atoms with Crippen molar-refractivity contribution in [3.05, 3.63) is 130 Å². The number of rotatable bonds is 8. The number of ketones is 2. The van der Waals surface area contributed by atoms with E-state index in [1.807, 2.05) is 72.8 Å². The molecule has 44 heavy (non-hydrogen) atoms. The number of hydrogen-bond acceptors (Lipinski definition) is 6. The van der Waals surface area contributed by atoms with Crippen LogP contribution in [0.3, 0.4) is 0 Å². The summed E-state index contributed by atoms with van der Waals surface area (Å²) in [4.78, 5) is 28.3. The first-order chi connectivity index (χ1) is 21.1. The van der Waals surface area contributed by atoms with Gasteiger partial charge in [-0.15, -0.1) is 0 Å². The highest BCUT2D eigenvalue weighted by atomic mass is 16.5. The summed E-state index contributed by atoms with van der Waals surface area (Å²) in [6, 6.07) is 23.2. The fourth-order valence-corrected chi connectivity index (χ4v) is 7.06. The molecule has 3 aromatic rings. The SMILES string of the molecule is C=C(C)C1=C(OCc2ccccc2)C[C@H]2C[C@H]3Cc4c(C(C)C)ccc(OCc5ccccc5)c4C(O)=C3C(=O)[C@@]2(O)C1=O. The standard InChI is InChI=1S/C38H38O6/c1-22(2)28-15-16-30(43-20-24-11-7-5-8-12-24)34-29(28)18-26-17-27-19-31(44-21-25-13-9-6-10-14-25)32(23(3)4)36(40)38(27,42)37(41)33(26)35(34)39/h5-16,22,26-27,39,42H,3,17-21H2,1-2,4H3/t26-,27+,38-/m0/s1. The van der Waals surface area contributed by atoms with Gasteiger partial charge in [-0.25, -0.2) is 0 Å². The van der Waals surface area contributed by atoms with Crippen molar-refractivity contribution >= 4 is 17.3 Å². The van der Waals surface area contributed by atoms with Crippen LogP contribution in [0.4, 0.5) is 0 Å². The highest BCUT2D eigenvalue weighted by Gasteiger charge is 2.61. The number of hydrogen-bond donors (Lipinski definition) is 2. The molecule has 0 aliphatic heterocycles. The monoisotopic (exact) mass is 590 g/mol. The van der Waals surface area contributed by atoms with E-state index in [0.29, 0.717) is 35.5 Å². The van der Waals surface area contributed by atoms with Gasteiger partial charge in [0.25, 0.3) is 0 Å². The Morgan fingerprint density at radius 2 is 1.52 bits per heavy atom. The molecule has 0 bridgehead atoms. The summed E-state index contributed by atoms with van der Waals surface area (Å²) in [5.41, 5.74) is 2.76. The van der Waals surface area contributed by atoms with Crippen molar-refractivity contribution in [2.75, 3.05) is 0 Å². The van der Waals surface area contributed by atoms with E-state index in [1.54, 1.807) is 6.92 Å². The van der Waals surface area contributed by atoms with Crippen molar-refractivity contribution in [2.45, 2.75) is 64.8 Å². The maximum Gasteiger partial charge on any atom is 0.206 e. The Balaban J connectivity index is 1.40. The Morgan fingerprint density at radius 1 is 0.909 bits per heavy atom. The number of carbonyl (C=O) groups is 2. The molecule has 3 aliphatic carbocycles. The van der Waals surface area contributed by atoms with Crippen molar-refractivity contribution in [2.24, 2.45) is 11.8 Å². The molecule has 226 valence electrons. The van der Waals surface area contributed by atoms with Crippen LogP contribution >= 0.6 is 0 Å². The van der Waals surface area contributed by atoms with E-state index in [9.17, 15) is 19.8 Å². The molecule has 0 heterocycles. The molecule has 1 saturated carbocycles. The Hall–Kier alpha value is -4.42. The fraction of sp³-hybridized carbons (Fsp3) is 0.316. The van der Waals surface area contributed by atoms with Gasteiger partial charge in [0, 0.05) is 17.9 Å². The summed E-state index contributed by atoms with van der Waals surface area (Å²) >= 11 is 0. The van der Waals surface area contributed by atoms with Crippen LogP contribution in [0.15, 0.2) is 102 Å². The van der Waals surface area contributed by atoms with Crippen LogP contribution in [0.2, 0.25) is 0 Å².